The number of nitrogens with one attached hydrogen (secondary N) is 1. The number of hydroxylamine groups is 1. The van der Waals surface area contributed by atoms with E-state index in [0.717, 1.165) is 12.3 Å². The molecular formula is C11H11ClF3NO4. The van der Waals surface area contributed by atoms with Gasteiger partial charge in [-0.05, 0) is 24.3 Å². The number of carboxylic acids is 1. The Morgan fingerprint density at radius 3 is 2.35 bits per heavy atom. The van der Waals surface area contributed by atoms with Gasteiger partial charge in [0.05, 0.1) is 6.54 Å². The summed E-state index contributed by atoms with van der Waals surface area (Å²) in [6.45, 7) is 1.31. The van der Waals surface area contributed by atoms with Crippen LogP contribution in [0.25, 0.3) is 0 Å². The molecular weight excluding hydrogens is 303 g/mol. The van der Waals surface area contributed by atoms with Crippen LogP contribution in [-0.2, 0) is 9.63 Å². The average molecular weight is 314 g/mol. The molecule has 20 heavy (non-hydrogen) atoms. The lowest BCUT2D eigenvalue weighted by Crippen LogP contribution is -2.21. The number of hydrogen-bond donors (Lipinski definition) is 2. The lowest BCUT2D eigenvalue weighted by Gasteiger charge is -2.10. The molecule has 2 N–H and O–H groups in total. The van der Waals surface area contributed by atoms with E-state index >= 15 is 0 Å². The van der Waals surface area contributed by atoms with E-state index < -0.39 is 12.1 Å². The maximum atomic E-state index is 10.6. The summed E-state index contributed by atoms with van der Waals surface area (Å²) in [5.41, 5.74) is 2.75. The molecule has 112 valence electrons. The van der Waals surface area contributed by atoms with Gasteiger partial charge in [0.25, 0.3) is 0 Å². The average Bonchev–Trinajstić information content (AvgIpc) is 2.84. The second-order valence-corrected chi connectivity index (χ2v) is 4.09. The first-order valence-electron chi connectivity index (χ1n) is 5.36. The molecule has 1 aromatic rings. The minimum atomic E-state index is -5.08. The largest absolute Gasteiger partial charge is 0.490 e. The van der Waals surface area contributed by atoms with Gasteiger partial charge in [-0.15, -0.1) is 0 Å². The van der Waals surface area contributed by atoms with Crippen LogP contribution < -0.4 is 10.2 Å². The number of halogens is 4. The second-order valence-electron chi connectivity index (χ2n) is 3.66. The molecule has 9 heteroatoms. The van der Waals surface area contributed by atoms with Gasteiger partial charge in [0.2, 0.25) is 0 Å². The molecule has 1 aromatic carbocycles. The molecule has 1 saturated heterocycles. The number of alkyl halides is 3. The topological polar surface area (TPSA) is 67.8 Å². The number of ether oxygens (including phenoxy) is 1. The van der Waals surface area contributed by atoms with E-state index in [-0.39, 0.29) is 6.10 Å². The number of carbonyl (C=O) groups is 1. The van der Waals surface area contributed by atoms with E-state index in [4.69, 9.17) is 31.1 Å². The van der Waals surface area contributed by atoms with Gasteiger partial charge in [-0.25, -0.2) is 4.79 Å². The first-order chi connectivity index (χ1) is 9.29. The normalized spacial score (nSPS) is 18.1. The van der Waals surface area contributed by atoms with Crippen LogP contribution in [0.3, 0.4) is 0 Å². The Morgan fingerprint density at radius 1 is 1.40 bits per heavy atom. The van der Waals surface area contributed by atoms with Crippen molar-refractivity contribution in [3.8, 4) is 5.75 Å². The summed E-state index contributed by atoms with van der Waals surface area (Å²) in [4.78, 5) is 13.8. The summed E-state index contributed by atoms with van der Waals surface area (Å²) in [6.07, 6.45) is -4.99. The molecule has 0 amide bonds. The van der Waals surface area contributed by atoms with Gasteiger partial charge < -0.3 is 9.84 Å². The monoisotopic (exact) mass is 313 g/mol. The van der Waals surface area contributed by atoms with Crippen molar-refractivity contribution in [3.63, 3.8) is 0 Å². The Kier molecular flexibility index (Phi) is 6.05. The number of rotatable bonds is 2. The zero-order valence-corrected chi connectivity index (χ0v) is 10.7. The zero-order chi connectivity index (χ0) is 15.2. The fourth-order valence-corrected chi connectivity index (χ4v) is 1.27. The molecule has 0 aliphatic carbocycles. The maximum absolute atomic E-state index is 10.6. The first kappa shape index (κ1) is 16.5. The fraction of sp³-hybridized carbons (Fsp3) is 0.364. The molecule has 0 spiro atoms. The molecule has 5 nitrogen and oxygen atoms in total. The predicted octanol–water partition coefficient (Wildman–Crippen LogP) is 2.26. The molecule has 2 rings (SSSR count). The molecule has 1 heterocycles. The Balaban J connectivity index is 0.000000246. The van der Waals surface area contributed by atoms with Crippen molar-refractivity contribution in [2.24, 2.45) is 0 Å². The SMILES string of the molecule is Clc1ccc(O[C@@H]2CNOC2)cc1.O=C(O)C(F)(F)F. The van der Waals surface area contributed by atoms with Crippen molar-refractivity contribution >= 4 is 17.6 Å². The summed E-state index contributed by atoms with van der Waals surface area (Å²) in [7, 11) is 0. The lowest BCUT2D eigenvalue weighted by atomic mass is 10.3. The quantitative estimate of drug-likeness (QED) is 0.876. The van der Waals surface area contributed by atoms with Crippen LogP contribution in [0.2, 0.25) is 5.02 Å². The summed E-state index contributed by atoms with van der Waals surface area (Å²) in [5, 5.41) is 7.84. The van der Waals surface area contributed by atoms with Crippen molar-refractivity contribution in [1.82, 2.24) is 5.48 Å². The highest BCUT2D eigenvalue weighted by Gasteiger charge is 2.38. The van der Waals surface area contributed by atoms with E-state index in [9.17, 15) is 13.2 Å². The van der Waals surface area contributed by atoms with Gasteiger partial charge in [-0.2, -0.15) is 18.7 Å². The Bertz CT molecular complexity index is 432. The van der Waals surface area contributed by atoms with Crippen LogP contribution in [-0.4, -0.2) is 36.5 Å². The molecule has 0 saturated carbocycles. The molecule has 0 bridgehead atoms. The van der Waals surface area contributed by atoms with Crippen molar-refractivity contribution in [2.45, 2.75) is 12.3 Å². The third-order valence-electron chi connectivity index (χ3n) is 2.04. The smallest absolute Gasteiger partial charge is 0.487 e. The highest BCUT2D eigenvalue weighted by molar-refractivity contribution is 6.30. The molecule has 0 unspecified atom stereocenters. The van der Waals surface area contributed by atoms with Crippen LogP contribution in [0.4, 0.5) is 13.2 Å². The third kappa shape index (κ3) is 6.09. The Hall–Kier alpha value is -1.51. The van der Waals surface area contributed by atoms with Gasteiger partial charge in [0.15, 0.2) is 0 Å². The molecule has 1 aliphatic rings. The minimum absolute atomic E-state index is 0.0983. The molecule has 1 aliphatic heterocycles. The van der Waals surface area contributed by atoms with E-state index in [1.807, 2.05) is 12.1 Å². The summed E-state index contributed by atoms with van der Waals surface area (Å²) < 4.78 is 37.3. The third-order valence-corrected chi connectivity index (χ3v) is 2.29. The lowest BCUT2D eigenvalue weighted by molar-refractivity contribution is -0.192. The standard InChI is InChI=1S/C9H10ClNO2.C2HF3O2/c10-7-1-3-8(4-2-7)13-9-5-11-12-6-9;3-2(4,5)1(6)7/h1-4,9,11H,5-6H2;(H,6,7)/t9-;/m1./s1. The summed E-state index contributed by atoms with van der Waals surface area (Å²) >= 11 is 5.74. The molecule has 1 atom stereocenters. The minimum Gasteiger partial charge on any atom is -0.487 e. The Labute approximate surface area is 117 Å². The Morgan fingerprint density at radius 2 is 1.95 bits per heavy atom. The number of benzene rings is 1. The van der Waals surface area contributed by atoms with Gasteiger partial charge in [0.1, 0.15) is 18.5 Å². The molecule has 1 fully saturated rings. The van der Waals surface area contributed by atoms with Crippen molar-refractivity contribution in [1.29, 1.82) is 0 Å². The highest BCUT2D eigenvalue weighted by atomic mass is 35.5. The van der Waals surface area contributed by atoms with Gasteiger partial charge in [-0.3, -0.25) is 4.84 Å². The van der Waals surface area contributed by atoms with Gasteiger partial charge in [-0.1, -0.05) is 11.6 Å². The van der Waals surface area contributed by atoms with E-state index in [1.165, 1.54) is 0 Å². The number of hydrogen-bond acceptors (Lipinski definition) is 4. The maximum Gasteiger partial charge on any atom is 0.490 e. The fourth-order valence-electron chi connectivity index (χ4n) is 1.14. The van der Waals surface area contributed by atoms with Crippen molar-refractivity contribution < 1.29 is 32.6 Å². The van der Waals surface area contributed by atoms with E-state index in [1.54, 1.807) is 12.1 Å². The molecule has 0 aromatic heterocycles. The van der Waals surface area contributed by atoms with E-state index in [0.29, 0.717) is 11.6 Å². The summed E-state index contributed by atoms with van der Waals surface area (Å²) in [5.74, 6) is -1.94. The first-order valence-corrected chi connectivity index (χ1v) is 5.74. The summed E-state index contributed by atoms with van der Waals surface area (Å²) in [6, 6.07) is 7.31. The van der Waals surface area contributed by atoms with Crippen molar-refractivity contribution in [3.05, 3.63) is 29.3 Å². The van der Waals surface area contributed by atoms with Crippen LogP contribution in [0, 0.1) is 0 Å². The number of aliphatic carboxylic acids is 1. The van der Waals surface area contributed by atoms with Crippen LogP contribution in [0.15, 0.2) is 24.3 Å². The predicted molar refractivity (Wildman–Crippen MR) is 63.5 cm³/mol. The van der Waals surface area contributed by atoms with Gasteiger partial charge in [0, 0.05) is 5.02 Å². The van der Waals surface area contributed by atoms with Crippen LogP contribution >= 0.6 is 11.6 Å². The zero-order valence-electron chi connectivity index (χ0n) is 9.98. The van der Waals surface area contributed by atoms with Crippen molar-refractivity contribution in [2.75, 3.05) is 13.2 Å². The highest BCUT2D eigenvalue weighted by Crippen LogP contribution is 2.17. The van der Waals surface area contributed by atoms with E-state index in [2.05, 4.69) is 5.48 Å². The van der Waals surface area contributed by atoms with Crippen LogP contribution in [0.5, 0.6) is 5.75 Å². The van der Waals surface area contributed by atoms with Gasteiger partial charge >= 0.3 is 12.1 Å². The van der Waals surface area contributed by atoms with Crippen LogP contribution in [0.1, 0.15) is 0 Å². The second kappa shape index (κ2) is 7.32. The molecule has 0 radical (unpaired) electrons. The number of carboxylic acid groups (broad SMARTS) is 1.